The number of ether oxygens (including phenoxy) is 1. The predicted octanol–water partition coefficient (Wildman–Crippen LogP) is 0.723. The second-order valence-electron chi connectivity index (χ2n) is 7.21. The molecule has 1 saturated heterocycles. The minimum absolute atomic E-state index is 0.102. The number of amides is 3. The fourth-order valence-electron chi connectivity index (χ4n) is 3.67. The van der Waals surface area contributed by atoms with Gasteiger partial charge in [-0.3, -0.25) is 19.3 Å². The summed E-state index contributed by atoms with van der Waals surface area (Å²) in [6, 6.07) is 5.13. The smallest absolute Gasteiger partial charge is 0.262 e. The molecule has 0 radical (unpaired) electrons. The second-order valence-corrected chi connectivity index (χ2v) is 7.21. The zero-order valence-electron chi connectivity index (χ0n) is 15.3. The van der Waals surface area contributed by atoms with Crippen LogP contribution in [-0.2, 0) is 9.53 Å². The first-order chi connectivity index (χ1) is 12.5. The fraction of sp³-hybridized carbons (Fsp3) is 0.526. The monoisotopic (exact) mass is 359 g/mol. The Kier molecular flexibility index (Phi) is 5.38. The topological polar surface area (TPSA) is 87.7 Å². The molecule has 1 fully saturated rings. The van der Waals surface area contributed by atoms with Crippen LogP contribution in [0.5, 0.6) is 0 Å². The molecule has 2 aliphatic rings. The number of carbonyl (C=O) groups is 3. The molecule has 7 nitrogen and oxygen atoms in total. The highest BCUT2D eigenvalue weighted by Crippen LogP contribution is 2.28. The maximum atomic E-state index is 12.5. The normalized spacial score (nSPS) is 18.8. The van der Waals surface area contributed by atoms with Gasteiger partial charge in [0.25, 0.3) is 11.8 Å². The van der Waals surface area contributed by atoms with Gasteiger partial charge in [-0.2, -0.15) is 0 Å². The summed E-state index contributed by atoms with van der Waals surface area (Å²) >= 11 is 0. The summed E-state index contributed by atoms with van der Waals surface area (Å²) < 4.78 is 5.34. The molecule has 0 unspecified atom stereocenters. The first kappa shape index (κ1) is 18.5. The van der Waals surface area contributed by atoms with Crippen molar-refractivity contribution in [1.29, 1.82) is 0 Å². The molecule has 2 aliphatic heterocycles. The zero-order valence-corrected chi connectivity index (χ0v) is 15.3. The Hall–Kier alpha value is -2.25. The summed E-state index contributed by atoms with van der Waals surface area (Å²) in [5, 5.41) is 6.20. The van der Waals surface area contributed by atoms with Crippen LogP contribution in [0.4, 0.5) is 0 Å². The van der Waals surface area contributed by atoms with Crippen molar-refractivity contribution < 1.29 is 19.1 Å². The van der Waals surface area contributed by atoms with Gasteiger partial charge in [-0.05, 0) is 45.0 Å². The highest BCUT2D eigenvalue weighted by molar-refractivity contribution is 6.22. The highest BCUT2D eigenvalue weighted by Gasteiger charge is 2.37. The van der Waals surface area contributed by atoms with Crippen LogP contribution >= 0.6 is 0 Å². The summed E-state index contributed by atoms with van der Waals surface area (Å²) in [5.41, 5.74) is 1.54. The Balaban J connectivity index is 1.62. The van der Waals surface area contributed by atoms with Gasteiger partial charge < -0.3 is 15.4 Å². The molecule has 2 heterocycles. The number of piperidine rings is 1. The van der Waals surface area contributed by atoms with Crippen molar-refractivity contribution >= 4 is 17.7 Å². The summed E-state index contributed by atoms with van der Waals surface area (Å²) in [6.07, 6.45) is 1.82. The van der Waals surface area contributed by atoms with E-state index in [0.717, 1.165) is 36.4 Å². The molecule has 1 aromatic carbocycles. The molecule has 0 saturated carbocycles. The predicted molar refractivity (Wildman–Crippen MR) is 96.0 cm³/mol. The average molecular weight is 359 g/mol. The Morgan fingerprint density at radius 2 is 1.92 bits per heavy atom. The molecule has 2 N–H and O–H groups in total. The van der Waals surface area contributed by atoms with Crippen molar-refractivity contribution in [2.45, 2.75) is 19.8 Å². The van der Waals surface area contributed by atoms with E-state index in [4.69, 9.17) is 4.74 Å². The Labute approximate surface area is 153 Å². The van der Waals surface area contributed by atoms with Crippen LogP contribution in [0.25, 0.3) is 0 Å². The van der Waals surface area contributed by atoms with Crippen LogP contribution in [0.2, 0.25) is 0 Å². The standard InChI is InChI=1S/C19H25N3O4/c1-13-3-4-14-15(9-13)18(25)22(17(14)24)10-16(23)21-11-19(12-26-2)5-7-20-8-6-19/h3-4,9,20H,5-8,10-12H2,1-2H3,(H,21,23). The van der Waals surface area contributed by atoms with E-state index in [1.165, 1.54) is 0 Å². The van der Waals surface area contributed by atoms with E-state index in [9.17, 15) is 14.4 Å². The average Bonchev–Trinajstić information content (AvgIpc) is 2.86. The van der Waals surface area contributed by atoms with Gasteiger partial charge >= 0.3 is 0 Å². The molecule has 3 amide bonds. The summed E-state index contributed by atoms with van der Waals surface area (Å²) in [4.78, 5) is 38.3. The third-order valence-corrected chi connectivity index (χ3v) is 5.20. The SMILES string of the molecule is COCC1(CNC(=O)CN2C(=O)c3ccc(C)cc3C2=O)CCNCC1. The second kappa shape index (κ2) is 7.55. The van der Waals surface area contributed by atoms with Gasteiger partial charge in [-0.25, -0.2) is 0 Å². The third kappa shape index (κ3) is 3.64. The number of fused-ring (bicyclic) bond motifs is 1. The van der Waals surface area contributed by atoms with Crippen LogP contribution in [-0.4, -0.2) is 62.5 Å². The molecular formula is C19H25N3O4. The number of benzene rings is 1. The fourth-order valence-corrected chi connectivity index (χ4v) is 3.67. The van der Waals surface area contributed by atoms with Crippen molar-refractivity contribution in [3.8, 4) is 0 Å². The third-order valence-electron chi connectivity index (χ3n) is 5.20. The number of nitrogens with zero attached hydrogens (tertiary/aromatic N) is 1. The Morgan fingerprint density at radius 1 is 1.23 bits per heavy atom. The van der Waals surface area contributed by atoms with Crippen LogP contribution < -0.4 is 10.6 Å². The van der Waals surface area contributed by atoms with E-state index < -0.39 is 11.8 Å². The lowest BCUT2D eigenvalue weighted by Gasteiger charge is -2.37. The van der Waals surface area contributed by atoms with Crippen molar-refractivity contribution in [3.05, 3.63) is 34.9 Å². The Morgan fingerprint density at radius 3 is 2.62 bits per heavy atom. The van der Waals surface area contributed by atoms with Crippen LogP contribution in [0.1, 0.15) is 39.1 Å². The summed E-state index contributed by atoms with van der Waals surface area (Å²) in [6.45, 7) is 4.42. The maximum Gasteiger partial charge on any atom is 0.262 e. The maximum absolute atomic E-state index is 12.5. The quantitative estimate of drug-likeness (QED) is 0.731. The minimum Gasteiger partial charge on any atom is -0.384 e. The van der Waals surface area contributed by atoms with E-state index in [2.05, 4.69) is 10.6 Å². The van der Waals surface area contributed by atoms with Crippen LogP contribution in [0.15, 0.2) is 18.2 Å². The molecule has 140 valence electrons. The van der Waals surface area contributed by atoms with Gasteiger partial charge in [0.15, 0.2) is 0 Å². The van der Waals surface area contributed by atoms with Gasteiger partial charge in [-0.15, -0.1) is 0 Å². The molecular weight excluding hydrogens is 334 g/mol. The number of methoxy groups -OCH3 is 1. The molecule has 0 aliphatic carbocycles. The van der Waals surface area contributed by atoms with Crippen molar-refractivity contribution in [3.63, 3.8) is 0 Å². The van der Waals surface area contributed by atoms with Gasteiger partial charge in [0.2, 0.25) is 5.91 Å². The van der Waals surface area contributed by atoms with E-state index in [-0.39, 0.29) is 17.9 Å². The number of rotatable bonds is 6. The zero-order chi connectivity index (χ0) is 18.7. The molecule has 0 bridgehead atoms. The lowest BCUT2D eigenvalue weighted by molar-refractivity contribution is -0.122. The van der Waals surface area contributed by atoms with Gasteiger partial charge in [-0.1, -0.05) is 11.6 Å². The van der Waals surface area contributed by atoms with Crippen LogP contribution in [0.3, 0.4) is 0 Å². The number of carbonyl (C=O) groups excluding carboxylic acids is 3. The van der Waals surface area contributed by atoms with Gasteiger partial charge in [0.05, 0.1) is 17.7 Å². The molecule has 0 atom stereocenters. The number of hydrogen-bond donors (Lipinski definition) is 2. The summed E-state index contributed by atoms with van der Waals surface area (Å²) in [7, 11) is 1.66. The van der Waals surface area contributed by atoms with Gasteiger partial charge in [0, 0.05) is 19.1 Å². The molecule has 0 spiro atoms. The largest absolute Gasteiger partial charge is 0.384 e. The number of nitrogens with one attached hydrogen (secondary N) is 2. The van der Waals surface area contributed by atoms with E-state index in [1.54, 1.807) is 25.3 Å². The van der Waals surface area contributed by atoms with Gasteiger partial charge in [0.1, 0.15) is 6.54 Å². The van der Waals surface area contributed by atoms with Crippen molar-refractivity contribution in [1.82, 2.24) is 15.5 Å². The summed E-state index contributed by atoms with van der Waals surface area (Å²) in [5.74, 6) is -1.14. The lowest BCUT2D eigenvalue weighted by Crippen LogP contribution is -2.49. The highest BCUT2D eigenvalue weighted by atomic mass is 16.5. The van der Waals surface area contributed by atoms with Crippen LogP contribution in [0, 0.1) is 12.3 Å². The molecule has 3 rings (SSSR count). The van der Waals surface area contributed by atoms with Crippen molar-refractivity contribution in [2.24, 2.45) is 5.41 Å². The van der Waals surface area contributed by atoms with E-state index in [0.29, 0.717) is 24.3 Å². The number of imide groups is 1. The van der Waals surface area contributed by atoms with E-state index >= 15 is 0 Å². The van der Waals surface area contributed by atoms with Crippen molar-refractivity contribution in [2.75, 3.05) is 39.9 Å². The number of aryl methyl sites for hydroxylation is 1. The molecule has 26 heavy (non-hydrogen) atoms. The first-order valence-corrected chi connectivity index (χ1v) is 8.89. The molecule has 7 heteroatoms. The number of hydrogen-bond acceptors (Lipinski definition) is 5. The Bertz CT molecular complexity index is 720. The molecule has 0 aromatic heterocycles. The van der Waals surface area contributed by atoms with E-state index in [1.807, 2.05) is 6.92 Å². The molecule has 1 aromatic rings. The lowest BCUT2D eigenvalue weighted by atomic mass is 9.79. The minimum atomic E-state index is -0.409. The first-order valence-electron chi connectivity index (χ1n) is 8.89.